The van der Waals surface area contributed by atoms with Gasteiger partial charge in [0.15, 0.2) is 5.16 Å². The van der Waals surface area contributed by atoms with Crippen LogP contribution in [0, 0.1) is 11.3 Å². The summed E-state index contributed by atoms with van der Waals surface area (Å²) in [6.07, 6.45) is 6.37. The molecule has 8 nitrogen and oxygen atoms in total. The molecule has 1 saturated carbocycles. The molecule has 2 heterocycles. The van der Waals surface area contributed by atoms with E-state index in [0.717, 1.165) is 38.7 Å². The maximum Gasteiger partial charge on any atom is 0.344 e. The van der Waals surface area contributed by atoms with E-state index in [0.29, 0.717) is 24.5 Å². The van der Waals surface area contributed by atoms with Crippen LogP contribution >= 0.6 is 11.8 Å². The number of carbonyl (C=O) groups excluding carboxylic acids is 1. The summed E-state index contributed by atoms with van der Waals surface area (Å²) in [5, 5.41) is 19.2. The molecule has 1 aliphatic carbocycles. The van der Waals surface area contributed by atoms with Gasteiger partial charge in [0.1, 0.15) is 5.54 Å². The number of nitrogens with zero attached hydrogens (tertiary/aromatic N) is 3. The molecule has 2 aliphatic rings. The first-order valence-corrected chi connectivity index (χ1v) is 9.72. The number of amides is 1. The molecule has 1 aliphatic heterocycles. The fourth-order valence-corrected chi connectivity index (χ4v) is 4.18. The number of rotatable bonds is 6. The maximum atomic E-state index is 12.3. The smallest absolute Gasteiger partial charge is 0.344 e. The van der Waals surface area contributed by atoms with E-state index in [4.69, 9.17) is 4.74 Å². The lowest BCUT2D eigenvalue weighted by Crippen LogP contribution is -2.49. The largest absolute Gasteiger partial charge is 0.376 e. The SMILES string of the molecule is N#CC1(NC(=O)CSc2n[nH]c(=O)n2CC2CCCO2)CCCCC1. The molecular formula is C16H23N5O3S. The van der Waals surface area contributed by atoms with Crippen LogP contribution in [0.3, 0.4) is 0 Å². The van der Waals surface area contributed by atoms with Gasteiger partial charge < -0.3 is 10.1 Å². The van der Waals surface area contributed by atoms with E-state index < -0.39 is 5.54 Å². The summed E-state index contributed by atoms with van der Waals surface area (Å²) in [7, 11) is 0. The van der Waals surface area contributed by atoms with E-state index in [1.54, 1.807) is 0 Å². The van der Waals surface area contributed by atoms with Crippen LogP contribution in [0.1, 0.15) is 44.9 Å². The number of aromatic amines is 1. The van der Waals surface area contributed by atoms with Gasteiger partial charge >= 0.3 is 5.69 Å². The number of nitriles is 1. The highest BCUT2D eigenvalue weighted by Crippen LogP contribution is 2.28. The molecule has 1 unspecified atom stereocenters. The molecule has 0 bridgehead atoms. The van der Waals surface area contributed by atoms with Crippen molar-refractivity contribution in [2.24, 2.45) is 0 Å². The molecule has 1 aromatic heterocycles. The Bertz CT molecular complexity index is 695. The highest BCUT2D eigenvalue weighted by atomic mass is 32.2. The second kappa shape index (κ2) is 8.06. The number of carbonyl (C=O) groups is 1. The van der Waals surface area contributed by atoms with Gasteiger partial charge in [0.05, 0.1) is 24.5 Å². The molecule has 2 N–H and O–H groups in total. The zero-order valence-corrected chi connectivity index (χ0v) is 14.9. The van der Waals surface area contributed by atoms with Crippen LogP contribution < -0.4 is 11.0 Å². The van der Waals surface area contributed by atoms with Gasteiger partial charge in [-0.05, 0) is 25.7 Å². The Morgan fingerprint density at radius 2 is 2.24 bits per heavy atom. The van der Waals surface area contributed by atoms with Crippen LogP contribution in [-0.4, -0.2) is 44.7 Å². The lowest BCUT2D eigenvalue weighted by Gasteiger charge is -2.31. The lowest BCUT2D eigenvalue weighted by atomic mass is 9.83. The van der Waals surface area contributed by atoms with Gasteiger partial charge in [-0.15, -0.1) is 5.10 Å². The second-order valence-corrected chi connectivity index (χ2v) is 7.59. The van der Waals surface area contributed by atoms with Gasteiger partial charge in [-0.1, -0.05) is 31.0 Å². The van der Waals surface area contributed by atoms with Crippen molar-refractivity contribution in [3.63, 3.8) is 0 Å². The average molecular weight is 365 g/mol. The summed E-state index contributed by atoms with van der Waals surface area (Å²) in [5.74, 6) is -0.0771. The van der Waals surface area contributed by atoms with Crippen molar-refractivity contribution in [3.05, 3.63) is 10.5 Å². The summed E-state index contributed by atoms with van der Waals surface area (Å²) in [5.41, 5.74) is -1.03. The van der Waals surface area contributed by atoms with Crippen LogP contribution in [0.25, 0.3) is 0 Å². The van der Waals surface area contributed by atoms with Gasteiger partial charge in [0.25, 0.3) is 0 Å². The second-order valence-electron chi connectivity index (χ2n) is 6.65. The Morgan fingerprint density at radius 1 is 1.44 bits per heavy atom. The summed E-state index contributed by atoms with van der Waals surface area (Å²) in [6.45, 7) is 1.17. The topological polar surface area (TPSA) is 113 Å². The van der Waals surface area contributed by atoms with Crippen molar-refractivity contribution in [2.45, 2.75) is 68.3 Å². The van der Waals surface area contributed by atoms with E-state index in [2.05, 4.69) is 21.6 Å². The molecule has 1 amide bonds. The third-order valence-electron chi connectivity index (χ3n) is 4.77. The molecule has 136 valence electrons. The van der Waals surface area contributed by atoms with Crippen molar-refractivity contribution < 1.29 is 9.53 Å². The predicted octanol–water partition coefficient (Wildman–Crippen LogP) is 1.19. The maximum absolute atomic E-state index is 12.3. The van der Waals surface area contributed by atoms with Crippen molar-refractivity contribution in [2.75, 3.05) is 12.4 Å². The Labute approximate surface area is 150 Å². The van der Waals surface area contributed by atoms with E-state index in [1.165, 1.54) is 16.3 Å². The summed E-state index contributed by atoms with van der Waals surface area (Å²) in [4.78, 5) is 24.2. The van der Waals surface area contributed by atoms with Gasteiger partial charge in [0, 0.05) is 6.61 Å². The standard InChI is InChI=1S/C16H23N5O3S/c17-11-16(6-2-1-3-7-16)18-13(22)10-25-15-20-19-14(23)21(15)9-12-5-4-8-24-12/h12H,1-10H2,(H,18,22)(H,19,23). The zero-order chi connectivity index (χ0) is 17.7. The molecule has 0 radical (unpaired) electrons. The molecular weight excluding hydrogens is 342 g/mol. The van der Waals surface area contributed by atoms with Crippen LogP contribution in [0.15, 0.2) is 9.95 Å². The number of ether oxygens (including phenoxy) is 1. The fraction of sp³-hybridized carbons (Fsp3) is 0.750. The Kier molecular flexibility index (Phi) is 5.81. The minimum atomic E-state index is -0.737. The van der Waals surface area contributed by atoms with Gasteiger partial charge in [-0.2, -0.15) is 5.26 Å². The normalized spacial score (nSPS) is 22.4. The number of aromatic nitrogens is 3. The van der Waals surface area contributed by atoms with Crippen molar-refractivity contribution in [1.82, 2.24) is 20.1 Å². The van der Waals surface area contributed by atoms with Crippen LogP contribution in [0.4, 0.5) is 0 Å². The van der Waals surface area contributed by atoms with Crippen molar-refractivity contribution in [3.8, 4) is 6.07 Å². The van der Waals surface area contributed by atoms with E-state index in [1.807, 2.05) is 0 Å². The molecule has 25 heavy (non-hydrogen) atoms. The van der Waals surface area contributed by atoms with Gasteiger partial charge in [-0.3, -0.25) is 9.36 Å². The Morgan fingerprint density at radius 3 is 2.92 bits per heavy atom. The summed E-state index contributed by atoms with van der Waals surface area (Å²) in [6, 6.07) is 2.28. The Balaban J connectivity index is 1.57. The minimum absolute atomic E-state index is 0.0209. The molecule has 0 spiro atoms. The van der Waals surface area contributed by atoms with E-state index in [-0.39, 0.29) is 23.5 Å². The minimum Gasteiger partial charge on any atom is -0.376 e. The van der Waals surface area contributed by atoms with Crippen LogP contribution in [-0.2, 0) is 16.1 Å². The lowest BCUT2D eigenvalue weighted by molar-refractivity contribution is -0.120. The van der Waals surface area contributed by atoms with Gasteiger partial charge in [0.2, 0.25) is 5.91 Å². The predicted molar refractivity (Wildman–Crippen MR) is 92.1 cm³/mol. The van der Waals surface area contributed by atoms with Crippen molar-refractivity contribution in [1.29, 1.82) is 5.26 Å². The first-order valence-electron chi connectivity index (χ1n) is 8.74. The average Bonchev–Trinajstić information content (AvgIpc) is 3.25. The van der Waals surface area contributed by atoms with Gasteiger partial charge in [-0.25, -0.2) is 9.89 Å². The van der Waals surface area contributed by atoms with E-state index in [9.17, 15) is 14.9 Å². The third kappa shape index (κ3) is 4.44. The molecule has 1 atom stereocenters. The fourth-order valence-electron chi connectivity index (χ4n) is 3.42. The van der Waals surface area contributed by atoms with Crippen LogP contribution in [0.5, 0.6) is 0 Å². The zero-order valence-electron chi connectivity index (χ0n) is 14.1. The third-order valence-corrected chi connectivity index (χ3v) is 5.74. The quantitative estimate of drug-likeness (QED) is 0.732. The summed E-state index contributed by atoms with van der Waals surface area (Å²) >= 11 is 1.20. The molecule has 0 aromatic carbocycles. The molecule has 9 heteroatoms. The van der Waals surface area contributed by atoms with Crippen LogP contribution in [0.2, 0.25) is 0 Å². The highest BCUT2D eigenvalue weighted by Gasteiger charge is 2.33. The molecule has 1 aromatic rings. The Hall–Kier alpha value is -1.79. The first-order chi connectivity index (χ1) is 12.1. The molecule has 2 fully saturated rings. The number of hydrogen-bond donors (Lipinski definition) is 2. The number of nitrogens with one attached hydrogen (secondary N) is 2. The molecule has 3 rings (SSSR count). The van der Waals surface area contributed by atoms with E-state index >= 15 is 0 Å². The van der Waals surface area contributed by atoms with Crippen molar-refractivity contribution >= 4 is 17.7 Å². The number of thioether (sulfide) groups is 1. The first kappa shape index (κ1) is 18.0. The molecule has 1 saturated heterocycles. The highest BCUT2D eigenvalue weighted by molar-refractivity contribution is 7.99. The number of hydrogen-bond acceptors (Lipinski definition) is 6. The summed E-state index contributed by atoms with van der Waals surface area (Å²) < 4.78 is 7.09. The monoisotopic (exact) mass is 365 g/mol. The number of H-pyrrole nitrogens is 1.